The molecular weight excluding hydrogens is 417 g/mol. The number of esters is 1. The zero-order chi connectivity index (χ0) is 16.3. The largest absolute Gasteiger partial charge is 0.465 e. The Balaban J connectivity index is 2.37. The number of rotatable bonds is 4. The van der Waals surface area contributed by atoms with Crippen LogP contribution in [0.15, 0.2) is 47.4 Å². The SMILES string of the molecule is COC(=O)c1cc(S(=O)(=O)Nc2ccc(I)cc2)ccc1C. The smallest absolute Gasteiger partial charge is 0.338 e. The number of sulfonamides is 1. The van der Waals surface area contributed by atoms with Gasteiger partial charge in [-0.05, 0) is 71.5 Å². The molecule has 0 saturated heterocycles. The Bertz CT molecular complexity index is 801. The second kappa shape index (κ2) is 6.66. The van der Waals surface area contributed by atoms with Gasteiger partial charge in [-0.1, -0.05) is 6.07 Å². The van der Waals surface area contributed by atoms with Crippen LogP contribution in [0.1, 0.15) is 15.9 Å². The van der Waals surface area contributed by atoms with Crippen molar-refractivity contribution in [3.05, 3.63) is 57.2 Å². The second-order valence-corrected chi connectivity index (χ2v) is 7.51. The van der Waals surface area contributed by atoms with E-state index in [9.17, 15) is 13.2 Å². The van der Waals surface area contributed by atoms with Gasteiger partial charge in [-0.3, -0.25) is 4.72 Å². The van der Waals surface area contributed by atoms with Gasteiger partial charge in [0.15, 0.2) is 0 Å². The Labute approximate surface area is 142 Å². The highest BCUT2D eigenvalue weighted by atomic mass is 127. The molecule has 7 heteroatoms. The van der Waals surface area contributed by atoms with Gasteiger partial charge in [0.2, 0.25) is 0 Å². The normalized spacial score (nSPS) is 11.0. The van der Waals surface area contributed by atoms with Crippen molar-refractivity contribution in [2.75, 3.05) is 11.8 Å². The molecule has 0 atom stereocenters. The fraction of sp³-hybridized carbons (Fsp3) is 0.133. The standard InChI is InChI=1S/C15H14INO4S/c1-10-3-8-13(9-14(10)15(18)21-2)22(19,20)17-12-6-4-11(16)5-7-12/h3-9,17H,1-2H3. The minimum Gasteiger partial charge on any atom is -0.465 e. The van der Waals surface area contributed by atoms with E-state index < -0.39 is 16.0 Å². The zero-order valence-corrected chi connectivity index (χ0v) is 14.9. The van der Waals surface area contributed by atoms with E-state index in [1.807, 2.05) is 0 Å². The topological polar surface area (TPSA) is 72.5 Å². The molecule has 0 fully saturated rings. The van der Waals surface area contributed by atoms with Crippen LogP contribution in [0, 0.1) is 10.5 Å². The number of carbonyl (C=O) groups excluding carboxylic acids is 1. The maximum absolute atomic E-state index is 12.4. The summed E-state index contributed by atoms with van der Waals surface area (Å²) in [5.74, 6) is -0.566. The van der Waals surface area contributed by atoms with Crippen LogP contribution in [-0.2, 0) is 14.8 Å². The molecule has 0 bridgehead atoms. The van der Waals surface area contributed by atoms with Crippen molar-refractivity contribution in [2.24, 2.45) is 0 Å². The first-order chi connectivity index (χ1) is 10.3. The Morgan fingerprint density at radius 1 is 1.14 bits per heavy atom. The predicted molar refractivity (Wildman–Crippen MR) is 92.5 cm³/mol. The van der Waals surface area contributed by atoms with Crippen molar-refractivity contribution < 1.29 is 17.9 Å². The lowest BCUT2D eigenvalue weighted by Crippen LogP contribution is -2.14. The van der Waals surface area contributed by atoms with E-state index in [-0.39, 0.29) is 10.5 Å². The third kappa shape index (κ3) is 3.77. The van der Waals surface area contributed by atoms with E-state index in [4.69, 9.17) is 0 Å². The summed E-state index contributed by atoms with van der Waals surface area (Å²) in [6, 6.07) is 11.3. The molecule has 0 unspecified atom stereocenters. The van der Waals surface area contributed by atoms with Crippen molar-refractivity contribution >= 4 is 44.3 Å². The van der Waals surface area contributed by atoms with Gasteiger partial charge < -0.3 is 4.74 Å². The number of methoxy groups -OCH3 is 1. The lowest BCUT2D eigenvalue weighted by Gasteiger charge is -2.10. The monoisotopic (exact) mass is 431 g/mol. The molecule has 5 nitrogen and oxygen atoms in total. The highest BCUT2D eigenvalue weighted by Gasteiger charge is 2.18. The molecule has 2 aromatic carbocycles. The van der Waals surface area contributed by atoms with Gasteiger partial charge >= 0.3 is 5.97 Å². The van der Waals surface area contributed by atoms with Gasteiger partial charge in [-0.15, -0.1) is 0 Å². The van der Waals surface area contributed by atoms with Crippen LogP contribution in [0.25, 0.3) is 0 Å². The van der Waals surface area contributed by atoms with Crippen LogP contribution in [0.4, 0.5) is 5.69 Å². The van der Waals surface area contributed by atoms with Crippen LogP contribution < -0.4 is 4.72 Å². The zero-order valence-electron chi connectivity index (χ0n) is 12.0. The number of ether oxygens (including phenoxy) is 1. The highest BCUT2D eigenvalue weighted by molar-refractivity contribution is 14.1. The van der Waals surface area contributed by atoms with Crippen LogP contribution in [0.2, 0.25) is 0 Å². The molecule has 2 rings (SSSR count). The first-order valence-corrected chi connectivity index (χ1v) is 8.87. The van der Waals surface area contributed by atoms with E-state index in [1.165, 1.54) is 19.2 Å². The molecular formula is C15H14INO4S. The van der Waals surface area contributed by atoms with Crippen molar-refractivity contribution in [3.63, 3.8) is 0 Å². The molecule has 0 aliphatic rings. The Kier molecular flexibility index (Phi) is 5.07. The first-order valence-electron chi connectivity index (χ1n) is 6.31. The molecule has 1 N–H and O–H groups in total. The van der Waals surface area contributed by atoms with Crippen molar-refractivity contribution in [1.29, 1.82) is 0 Å². The summed E-state index contributed by atoms with van der Waals surface area (Å²) in [6.07, 6.45) is 0. The number of hydrogen-bond acceptors (Lipinski definition) is 4. The molecule has 0 heterocycles. The van der Waals surface area contributed by atoms with Gasteiger partial charge in [0, 0.05) is 9.26 Å². The molecule has 0 spiro atoms. The summed E-state index contributed by atoms with van der Waals surface area (Å²) in [4.78, 5) is 11.7. The number of nitrogens with one attached hydrogen (secondary N) is 1. The average Bonchev–Trinajstić information content (AvgIpc) is 2.49. The van der Waals surface area contributed by atoms with Crippen LogP contribution in [-0.4, -0.2) is 21.5 Å². The maximum Gasteiger partial charge on any atom is 0.338 e. The van der Waals surface area contributed by atoms with E-state index in [0.29, 0.717) is 11.3 Å². The number of hydrogen-bond donors (Lipinski definition) is 1. The summed E-state index contributed by atoms with van der Waals surface area (Å²) in [7, 11) is -2.51. The predicted octanol–water partition coefficient (Wildman–Crippen LogP) is 3.19. The third-order valence-corrected chi connectivity index (χ3v) is 5.12. The van der Waals surface area contributed by atoms with E-state index in [2.05, 4.69) is 32.0 Å². The van der Waals surface area contributed by atoms with Gasteiger partial charge in [-0.25, -0.2) is 13.2 Å². The first kappa shape index (κ1) is 16.8. The Hall–Kier alpha value is -1.61. The van der Waals surface area contributed by atoms with Gasteiger partial charge in [0.25, 0.3) is 10.0 Å². The average molecular weight is 431 g/mol. The molecule has 116 valence electrons. The van der Waals surface area contributed by atoms with Crippen molar-refractivity contribution in [2.45, 2.75) is 11.8 Å². The summed E-state index contributed by atoms with van der Waals surface area (Å²) < 4.78 is 32.9. The van der Waals surface area contributed by atoms with Crippen molar-refractivity contribution in [1.82, 2.24) is 0 Å². The lowest BCUT2D eigenvalue weighted by molar-refractivity contribution is 0.0599. The van der Waals surface area contributed by atoms with Gasteiger partial charge in [0.05, 0.1) is 17.6 Å². The molecule has 0 aromatic heterocycles. The summed E-state index contributed by atoms with van der Waals surface area (Å²) >= 11 is 2.14. The molecule has 0 aliphatic carbocycles. The molecule has 0 amide bonds. The van der Waals surface area contributed by atoms with E-state index >= 15 is 0 Å². The second-order valence-electron chi connectivity index (χ2n) is 4.58. The number of anilines is 1. The third-order valence-electron chi connectivity index (χ3n) is 3.02. The number of carbonyl (C=O) groups is 1. The minimum absolute atomic E-state index is 0.0112. The quantitative estimate of drug-likeness (QED) is 0.597. The summed E-state index contributed by atoms with van der Waals surface area (Å²) in [5.41, 5.74) is 1.34. The van der Waals surface area contributed by atoms with Crippen LogP contribution >= 0.6 is 22.6 Å². The number of halogens is 1. The van der Waals surface area contributed by atoms with Gasteiger partial charge in [-0.2, -0.15) is 0 Å². The van der Waals surface area contributed by atoms with E-state index in [0.717, 1.165) is 3.57 Å². The van der Waals surface area contributed by atoms with E-state index in [1.54, 1.807) is 37.3 Å². The number of benzene rings is 2. The Morgan fingerprint density at radius 3 is 2.36 bits per heavy atom. The Morgan fingerprint density at radius 2 is 1.77 bits per heavy atom. The fourth-order valence-electron chi connectivity index (χ4n) is 1.83. The lowest BCUT2D eigenvalue weighted by atomic mass is 10.1. The minimum atomic E-state index is -3.77. The van der Waals surface area contributed by atoms with Crippen LogP contribution in [0.3, 0.4) is 0 Å². The highest BCUT2D eigenvalue weighted by Crippen LogP contribution is 2.20. The van der Waals surface area contributed by atoms with Gasteiger partial charge in [0.1, 0.15) is 0 Å². The molecule has 0 aliphatic heterocycles. The number of aryl methyl sites for hydroxylation is 1. The molecule has 22 heavy (non-hydrogen) atoms. The molecule has 0 saturated carbocycles. The summed E-state index contributed by atoms with van der Waals surface area (Å²) in [6.45, 7) is 1.72. The summed E-state index contributed by atoms with van der Waals surface area (Å²) in [5, 5.41) is 0. The molecule has 0 radical (unpaired) electrons. The fourth-order valence-corrected chi connectivity index (χ4v) is 3.27. The van der Waals surface area contributed by atoms with Crippen molar-refractivity contribution in [3.8, 4) is 0 Å². The van der Waals surface area contributed by atoms with Crippen LogP contribution in [0.5, 0.6) is 0 Å². The maximum atomic E-state index is 12.4. The molecule has 2 aromatic rings.